The standard InChI is InChI=1S/C16H19Cl2NO3/c1-10(8-12-2-3-13(17)9-14(12)18)15(20)19-6-4-11(5-7-19)16(21)22/h2-3,9-11H,4-8H2,1H3,(H,21,22)/t10-/m1/s1. The van der Waals surface area contributed by atoms with Crippen LogP contribution < -0.4 is 0 Å². The van der Waals surface area contributed by atoms with Crippen molar-refractivity contribution >= 4 is 35.1 Å². The van der Waals surface area contributed by atoms with Crippen LogP contribution in [0.15, 0.2) is 18.2 Å². The zero-order valence-electron chi connectivity index (χ0n) is 12.4. The molecule has 0 aromatic heterocycles. The van der Waals surface area contributed by atoms with Gasteiger partial charge in [-0.3, -0.25) is 9.59 Å². The zero-order chi connectivity index (χ0) is 16.3. The molecule has 0 bridgehead atoms. The fourth-order valence-corrected chi connectivity index (χ4v) is 3.25. The van der Waals surface area contributed by atoms with Crippen molar-refractivity contribution in [3.05, 3.63) is 33.8 Å². The highest BCUT2D eigenvalue weighted by Crippen LogP contribution is 2.25. The third-order valence-corrected chi connectivity index (χ3v) is 4.71. The number of nitrogens with zero attached hydrogens (tertiary/aromatic N) is 1. The maximum atomic E-state index is 12.5. The Morgan fingerprint density at radius 3 is 2.50 bits per heavy atom. The molecule has 1 saturated heterocycles. The highest BCUT2D eigenvalue weighted by molar-refractivity contribution is 6.35. The second kappa shape index (κ2) is 7.34. The van der Waals surface area contributed by atoms with Crippen LogP contribution in [0.25, 0.3) is 0 Å². The molecule has 0 radical (unpaired) electrons. The quantitative estimate of drug-likeness (QED) is 0.910. The van der Waals surface area contributed by atoms with Crippen LogP contribution in [0.5, 0.6) is 0 Å². The average Bonchev–Trinajstić information content (AvgIpc) is 2.49. The lowest BCUT2D eigenvalue weighted by atomic mass is 9.94. The van der Waals surface area contributed by atoms with E-state index in [1.165, 1.54) is 0 Å². The van der Waals surface area contributed by atoms with E-state index >= 15 is 0 Å². The Kier molecular flexibility index (Phi) is 5.70. The number of amides is 1. The predicted molar refractivity (Wildman–Crippen MR) is 86.3 cm³/mol. The first kappa shape index (κ1) is 17.1. The molecule has 22 heavy (non-hydrogen) atoms. The molecule has 1 atom stereocenters. The second-order valence-electron chi connectivity index (χ2n) is 5.78. The van der Waals surface area contributed by atoms with Gasteiger partial charge in [0.25, 0.3) is 0 Å². The first-order chi connectivity index (χ1) is 10.4. The van der Waals surface area contributed by atoms with Crippen LogP contribution in [0.4, 0.5) is 0 Å². The fourth-order valence-electron chi connectivity index (χ4n) is 2.76. The molecule has 1 N–H and O–H groups in total. The summed E-state index contributed by atoms with van der Waals surface area (Å²) in [6.45, 7) is 2.89. The minimum absolute atomic E-state index is 0.0508. The van der Waals surface area contributed by atoms with E-state index in [1.54, 1.807) is 17.0 Å². The highest BCUT2D eigenvalue weighted by atomic mass is 35.5. The van der Waals surface area contributed by atoms with Crippen LogP contribution in [-0.2, 0) is 16.0 Å². The topological polar surface area (TPSA) is 57.6 Å². The summed E-state index contributed by atoms with van der Waals surface area (Å²) in [6.07, 6.45) is 1.60. The molecule has 120 valence electrons. The number of piperidine rings is 1. The van der Waals surface area contributed by atoms with Gasteiger partial charge in [0.2, 0.25) is 5.91 Å². The molecule has 2 rings (SSSR count). The number of aliphatic carboxylic acids is 1. The Labute approximate surface area is 140 Å². The summed E-state index contributed by atoms with van der Waals surface area (Å²) in [5.41, 5.74) is 0.896. The van der Waals surface area contributed by atoms with E-state index in [9.17, 15) is 9.59 Å². The van der Waals surface area contributed by atoms with Crippen LogP contribution in [0.3, 0.4) is 0 Å². The number of benzene rings is 1. The van der Waals surface area contributed by atoms with Crippen molar-refractivity contribution in [1.82, 2.24) is 4.90 Å². The molecule has 0 saturated carbocycles. The van der Waals surface area contributed by atoms with Crippen molar-refractivity contribution in [2.24, 2.45) is 11.8 Å². The van der Waals surface area contributed by atoms with E-state index < -0.39 is 5.97 Å². The fraction of sp³-hybridized carbons (Fsp3) is 0.500. The number of likely N-dealkylation sites (tertiary alicyclic amines) is 1. The van der Waals surface area contributed by atoms with Crippen molar-refractivity contribution in [1.29, 1.82) is 0 Å². The third-order valence-electron chi connectivity index (χ3n) is 4.12. The van der Waals surface area contributed by atoms with Crippen LogP contribution in [0.1, 0.15) is 25.3 Å². The van der Waals surface area contributed by atoms with Gasteiger partial charge in [-0.2, -0.15) is 0 Å². The molecular formula is C16H19Cl2NO3. The minimum Gasteiger partial charge on any atom is -0.481 e. The van der Waals surface area contributed by atoms with Gasteiger partial charge in [0.15, 0.2) is 0 Å². The molecular weight excluding hydrogens is 325 g/mol. The Morgan fingerprint density at radius 2 is 1.95 bits per heavy atom. The monoisotopic (exact) mass is 343 g/mol. The Balaban J connectivity index is 1.94. The molecule has 4 nitrogen and oxygen atoms in total. The molecule has 0 spiro atoms. The van der Waals surface area contributed by atoms with Crippen molar-refractivity contribution in [2.75, 3.05) is 13.1 Å². The van der Waals surface area contributed by atoms with Gasteiger partial charge in [0, 0.05) is 29.1 Å². The minimum atomic E-state index is -0.770. The average molecular weight is 344 g/mol. The Morgan fingerprint density at radius 1 is 1.32 bits per heavy atom. The number of carboxylic acids is 1. The maximum Gasteiger partial charge on any atom is 0.306 e. The van der Waals surface area contributed by atoms with Crippen LogP contribution in [0, 0.1) is 11.8 Å². The van der Waals surface area contributed by atoms with Gasteiger partial charge >= 0.3 is 5.97 Å². The Bertz CT molecular complexity index is 569. The molecule has 6 heteroatoms. The second-order valence-corrected chi connectivity index (χ2v) is 6.62. The molecule has 1 aromatic rings. The normalized spacial score (nSPS) is 17.3. The highest BCUT2D eigenvalue weighted by Gasteiger charge is 2.29. The molecule has 0 aliphatic carbocycles. The lowest BCUT2D eigenvalue weighted by Crippen LogP contribution is -2.43. The number of hydrogen-bond acceptors (Lipinski definition) is 2. The summed E-state index contributed by atoms with van der Waals surface area (Å²) in [4.78, 5) is 25.2. The lowest BCUT2D eigenvalue weighted by Gasteiger charge is -2.32. The predicted octanol–water partition coefficient (Wildman–Crippen LogP) is 3.50. The zero-order valence-corrected chi connectivity index (χ0v) is 13.9. The van der Waals surface area contributed by atoms with Crippen molar-refractivity contribution in [3.8, 4) is 0 Å². The van der Waals surface area contributed by atoms with Gasteiger partial charge in [-0.25, -0.2) is 0 Å². The van der Waals surface area contributed by atoms with Crippen LogP contribution in [0.2, 0.25) is 10.0 Å². The van der Waals surface area contributed by atoms with Gasteiger partial charge in [-0.05, 0) is 37.0 Å². The largest absolute Gasteiger partial charge is 0.481 e. The summed E-state index contributed by atoms with van der Waals surface area (Å²) >= 11 is 12.0. The SMILES string of the molecule is C[C@H](Cc1ccc(Cl)cc1Cl)C(=O)N1CCC(C(=O)O)CC1. The van der Waals surface area contributed by atoms with Gasteiger partial charge in [-0.1, -0.05) is 36.2 Å². The first-order valence-electron chi connectivity index (χ1n) is 7.34. The van der Waals surface area contributed by atoms with Crippen molar-refractivity contribution < 1.29 is 14.7 Å². The maximum absolute atomic E-state index is 12.5. The molecule has 0 unspecified atom stereocenters. The van der Waals surface area contributed by atoms with Gasteiger partial charge in [-0.15, -0.1) is 0 Å². The molecule has 1 aromatic carbocycles. The summed E-state index contributed by atoms with van der Waals surface area (Å²) in [5.74, 6) is -1.24. The Hall–Kier alpha value is -1.26. The van der Waals surface area contributed by atoms with E-state index in [4.69, 9.17) is 28.3 Å². The first-order valence-corrected chi connectivity index (χ1v) is 8.09. The molecule has 1 fully saturated rings. The van der Waals surface area contributed by atoms with E-state index in [0.29, 0.717) is 42.4 Å². The number of carbonyl (C=O) groups is 2. The smallest absolute Gasteiger partial charge is 0.306 e. The molecule has 1 heterocycles. The van der Waals surface area contributed by atoms with Gasteiger partial charge in [0.1, 0.15) is 0 Å². The summed E-state index contributed by atoms with van der Waals surface area (Å²) in [7, 11) is 0. The number of hydrogen-bond donors (Lipinski definition) is 1. The molecule has 1 aliphatic heterocycles. The number of rotatable bonds is 4. The third kappa shape index (κ3) is 4.14. The number of halogens is 2. The van der Waals surface area contributed by atoms with E-state index in [-0.39, 0.29) is 17.7 Å². The summed E-state index contributed by atoms with van der Waals surface area (Å²) in [6, 6.07) is 5.28. The van der Waals surface area contributed by atoms with Gasteiger partial charge < -0.3 is 10.0 Å². The van der Waals surface area contributed by atoms with Crippen molar-refractivity contribution in [2.45, 2.75) is 26.2 Å². The van der Waals surface area contributed by atoms with E-state index in [2.05, 4.69) is 0 Å². The van der Waals surface area contributed by atoms with Crippen LogP contribution >= 0.6 is 23.2 Å². The van der Waals surface area contributed by atoms with E-state index in [1.807, 2.05) is 13.0 Å². The number of carboxylic acid groups (broad SMARTS) is 1. The van der Waals surface area contributed by atoms with Crippen molar-refractivity contribution in [3.63, 3.8) is 0 Å². The molecule has 1 amide bonds. The van der Waals surface area contributed by atoms with Gasteiger partial charge in [0.05, 0.1) is 5.92 Å². The van der Waals surface area contributed by atoms with E-state index in [0.717, 1.165) is 5.56 Å². The van der Waals surface area contributed by atoms with Crippen LogP contribution in [-0.4, -0.2) is 35.0 Å². The molecule has 1 aliphatic rings. The lowest BCUT2D eigenvalue weighted by molar-refractivity contribution is -0.146. The number of carbonyl (C=O) groups excluding carboxylic acids is 1. The summed E-state index contributed by atoms with van der Waals surface area (Å²) < 4.78 is 0. The summed E-state index contributed by atoms with van der Waals surface area (Å²) in [5, 5.41) is 10.1.